The van der Waals surface area contributed by atoms with Crippen LogP contribution in [0.2, 0.25) is 0 Å². The van der Waals surface area contributed by atoms with Crippen LogP contribution >= 0.6 is 11.8 Å². The first kappa shape index (κ1) is 14.8. The molecule has 0 saturated heterocycles. The van der Waals surface area contributed by atoms with E-state index < -0.39 is 0 Å². The number of para-hydroxylation sites is 1. The third-order valence-corrected chi connectivity index (χ3v) is 5.03. The van der Waals surface area contributed by atoms with Gasteiger partial charge in [0.1, 0.15) is 6.54 Å². The van der Waals surface area contributed by atoms with Crippen molar-refractivity contribution in [2.75, 3.05) is 22.5 Å². The number of nitrogens with zero attached hydrogens (tertiary/aromatic N) is 1. The Kier molecular flexibility index (Phi) is 3.74. The number of nitrogens with one attached hydrogen (secondary N) is 2. The number of amides is 2. The monoisotopic (exact) mass is 337 g/mol. The van der Waals surface area contributed by atoms with E-state index in [0.29, 0.717) is 5.75 Å². The fourth-order valence-corrected chi connectivity index (χ4v) is 3.79. The van der Waals surface area contributed by atoms with E-state index in [1.165, 1.54) is 11.8 Å². The van der Waals surface area contributed by atoms with E-state index in [-0.39, 0.29) is 18.4 Å². The van der Waals surface area contributed by atoms with E-state index in [1.54, 1.807) is 4.90 Å². The van der Waals surface area contributed by atoms with Crippen LogP contribution in [0.25, 0.3) is 10.9 Å². The van der Waals surface area contributed by atoms with Crippen molar-refractivity contribution in [3.63, 3.8) is 0 Å². The standard InChI is InChI=1S/C18H15N3O2S/c22-17(20-14-5-3-4-13-12(14)8-9-19-13)10-21-15-6-1-2-7-16(15)24-11-18(21)23/h1-9,19H,10-11H2,(H,20,22). The van der Waals surface area contributed by atoms with Crippen LogP contribution in [0.4, 0.5) is 11.4 Å². The largest absolute Gasteiger partial charge is 0.361 e. The van der Waals surface area contributed by atoms with Gasteiger partial charge >= 0.3 is 0 Å². The number of anilines is 2. The molecule has 0 saturated carbocycles. The number of benzene rings is 2. The number of fused-ring (bicyclic) bond motifs is 2. The Labute approximate surface area is 143 Å². The summed E-state index contributed by atoms with van der Waals surface area (Å²) in [6, 6.07) is 15.3. The van der Waals surface area contributed by atoms with Gasteiger partial charge < -0.3 is 15.2 Å². The molecule has 24 heavy (non-hydrogen) atoms. The summed E-state index contributed by atoms with van der Waals surface area (Å²) in [4.78, 5) is 30.4. The van der Waals surface area contributed by atoms with Crippen LogP contribution in [-0.4, -0.2) is 29.1 Å². The first-order valence-corrected chi connectivity index (χ1v) is 8.59. The number of thioether (sulfide) groups is 1. The Balaban J connectivity index is 1.56. The number of hydrogen-bond acceptors (Lipinski definition) is 3. The SMILES string of the molecule is O=C(CN1C(=O)CSc2ccccc21)Nc1cccc2[nH]ccc12. The molecule has 0 radical (unpaired) electrons. The molecule has 2 aromatic carbocycles. The molecule has 5 nitrogen and oxygen atoms in total. The van der Waals surface area contributed by atoms with Crippen molar-refractivity contribution in [2.24, 2.45) is 0 Å². The molecule has 120 valence electrons. The van der Waals surface area contributed by atoms with Crippen LogP contribution in [0, 0.1) is 0 Å². The maximum atomic E-state index is 12.5. The van der Waals surface area contributed by atoms with Gasteiger partial charge in [-0.3, -0.25) is 9.59 Å². The average molecular weight is 337 g/mol. The maximum absolute atomic E-state index is 12.5. The molecule has 0 fully saturated rings. The van der Waals surface area contributed by atoms with E-state index in [0.717, 1.165) is 27.2 Å². The van der Waals surface area contributed by atoms with E-state index in [9.17, 15) is 9.59 Å². The molecule has 4 rings (SSSR count). The summed E-state index contributed by atoms with van der Waals surface area (Å²) in [5.74, 6) is 0.102. The van der Waals surface area contributed by atoms with Gasteiger partial charge in [-0.15, -0.1) is 11.8 Å². The summed E-state index contributed by atoms with van der Waals surface area (Å²) < 4.78 is 0. The molecule has 0 bridgehead atoms. The second-order valence-electron chi connectivity index (χ2n) is 5.53. The highest BCUT2D eigenvalue weighted by Crippen LogP contribution is 2.34. The van der Waals surface area contributed by atoms with Gasteiger partial charge in [-0.1, -0.05) is 18.2 Å². The predicted octanol–water partition coefficient (Wildman–Crippen LogP) is 3.25. The summed E-state index contributed by atoms with van der Waals surface area (Å²) in [6.07, 6.45) is 1.84. The summed E-state index contributed by atoms with van der Waals surface area (Å²) in [5.41, 5.74) is 2.50. The van der Waals surface area contributed by atoms with Crippen molar-refractivity contribution in [1.82, 2.24) is 4.98 Å². The topological polar surface area (TPSA) is 65.2 Å². The quantitative estimate of drug-likeness (QED) is 0.771. The van der Waals surface area contributed by atoms with Crippen LogP contribution < -0.4 is 10.2 Å². The predicted molar refractivity (Wildman–Crippen MR) is 96.4 cm³/mol. The zero-order valence-electron chi connectivity index (χ0n) is 12.8. The van der Waals surface area contributed by atoms with Gasteiger partial charge in [-0.2, -0.15) is 0 Å². The lowest BCUT2D eigenvalue weighted by molar-refractivity contribution is -0.120. The zero-order valence-corrected chi connectivity index (χ0v) is 13.6. The Morgan fingerprint density at radius 2 is 2.04 bits per heavy atom. The molecule has 0 aliphatic carbocycles. The first-order chi connectivity index (χ1) is 11.7. The van der Waals surface area contributed by atoms with Crippen molar-refractivity contribution < 1.29 is 9.59 Å². The molecule has 0 unspecified atom stereocenters. The lowest BCUT2D eigenvalue weighted by Gasteiger charge is -2.28. The maximum Gasteiger partial charge on any atom is 0.244 e. The summed E-state index contributed by atoms with van der Waals surface area (Å²) in [7, 11) is 0. The number of aromatic amines is 1. The van der Waals surface area contributed by atoms with Crippen molar-refractivity contribution in [3.05, 3.63) is 54.7 Å². The van der Waals surface area contributed by atoms with E-state index >= 15 is 0 Å². The van der Waals surface area contributed by atoms with Gasteiger partial charge in [-0.25, -0.2) is 0 Å². The second kappa shape index (κ2) is 6.05. The van der Waals surface area contributed by atoms with E-state index in [1.807, 2.05) is 54.7 Å². The lowest BCUT2D eigenvalue weighted by atomic mass is 10.2. The fourth-order valence-electron chi connectivity index (χ4n) is 2.86. The Bertz CT molecular complexity index is 935. The minimum absolute atomic E-state index is 0.0111. The highest BCUT2D eigenvalue weighted by atomic mass is 32.2. The molecule has 1 aliphatic rings. The number of H-pyrrole nitrogens is 1. The van der Waals surface area contributed by atoms with Crippen molar-refractivity contribution in [3.8, 4) is 0 Å². The van der Waals surface area contributed by atoms with E-state index in [2.05, 4.69) is 10.3 Å². The minimum Gasteiger partial charge on any atom is -0.361 e. The summed E-state index contributed by atoms with van der Waals surface area (Å²) >= 11 is 1.51. The van der Waals surface area contributed by atoms with Crippen LogP contribution in [0.15, 0.2) is 59.6 Å². The lowest BCUT2D eigenvalue weighted by Crippen LogP contribution is -2.41. The molecule has 0 spiro atoms. The molecule has 2 heterocycles. The van der Waals surface area contributed by atoms with Crippen molar-refractivity contribution >= 4 is 45.9 Å². The van der Waals surface area contributed by atoms with Gasteiger partial charge in [0, 0.05) is 22.0 Å². The number of carbonyl (C=O) groups excluding carboxylic acids is 2. The van der Waals surface area contributed by atoms with Crippen LogP contribution in [-0.2, 0) is 9.59 Å². The van der Waals surface area contributed by atoms with Crippen LogP contribution in [0.3, 0.4) is 0 Å². The van der Waals surface area contributed by atoms with E-state index in [4.69, 9.17) is 0 Å². The zero-order chi connectivity index (χ0) is 16.5. The van der Waals surface area contributed by atoms with Gasteiger partial charge in [-0.05, 0) is 30.3 Å². The Hall–Kier alpha value is -2.73. The molecular weight excluding hydrogens is 322 g/mol. The molecule has 6 heteroatoms. The number of hydrogen-bond donors (Lipinski definition) is 2. The summed E-state index contributed by atoms with van der Waals surface area (Å²) in [6.45, 7) is 0.0111. The van der Waals surface area contributed by atoms with Crippen molar-refractivity contribution in [2.45, 2.75) is 4.90 Å². The third kappa shape index (κ3) is 2.65. The molecule has 0 atom stereocenters. The van der Waals surface area contributed by atoms with Gasteiger partial charge in [0.15, 0.2) is 0 Å². The fraction of sp³-hybridized carbons (Fsp3) is 0.111. The number of aromatic nitrogens is 1. The molecule has 2 N–H and O–H groups in total. The molecule has 3 aromatic rings. The average Bonchev–Trinajstić information content (AvgIpc) is 3.07. The molecule has 1 aliphatic heterocycles. The third-order valence-electron chi connectivity index (χ3n) is 3.98. The normalized spacial score (nSPS) is 13.8. The molecule has 2 amide bonds. The van der Waals surface area contributed by atoms with Crippen LogP contribution in [0.5, 0.6) is 0 Å². The molecule has 1 aromatic heterocycles. The highest BCUT2D eigenvalue weighted by molar-refractivity contribution is 8.00. The minimum atomic E-state index is -0.209. The first-order valence-electron chi connectivity index (χ1n) is 7.60. The smallest absolute Gasteiger partial charge is 0.244 e. The van der Waals surface area contributed by atoms with Crippen molar-refractivity contribution in [1.29, 1.82) is 0 Å². The summed E-state index contributed by atoms with van der Waals surface area (Å²) in [5, 5.41) is 3.86. The Morgan fingerprint density at radius 3 is 2.96 bits per heavy atom. The van der Waals surface area contributed by atoms with Gasteiger partial charge in [0.2, 0.25) is 11.8 Å². The van der Waals surface area contributed by atoms with Gasteiger partial charge in [0.25, 0.3) is 0 Å². The highest BCUT2D eigenvalue weighted by Gasteiger charge is 2.26. The number of carbonyl (C=O) groups is 2. The Morgan fingerprint density at radius 1 is 1.17 bits per heavy atom. The second-order valence-corrected chi connectivity index (χ2v) is 6.55. The number of rotatable bonds is 3. The molecular formula is C18H15N3O2S. The van der Waals surface area contributed by atoms with Gasteiger partial charge in [0.05, 0.1) is 17.1 Å². The van der Waals surface area contributed by atoms with Crippen LogP contribution in [0.1, 0.15) is 0 Å².